The van der Waals surface area contributed by atoms with Crippen molar-refractivity contribution in [2.45, 2.75) is 23.1 Å². The van der Waals surface area contributed by atoms with E-state index in [9.17, 15) is 16.8 Å². The first-order valence-electron chi connectivity index (χ1n) is 5.92. The van der Waals surface area contributed by atoms with Gasteiger partial charge in [0.05, 0.1) is 0 Å². The second-order valence-corrected chi connectivity index (χ2v) is 9.00. The second-order valence-electron chi connectivity index (χ2n) is 4.56. The minimum absolute atomic E-state index is 0.263. The fourth-order valence-corrected chi connectivity index (χ4v) is 5.39. The molecule has 0 fully saturated rings. The fourth-order valence-electron chi connectivity index (χ4n) is 2.09. The Kier molecular flexibility index (Phi) is 4.24. The summed E-state index contributed by atoms with van der Waals surface area (Å²) in [5.41, 5.74) is 0.936. The van der Waals surface area contributed by atoms with E-state index in [-0.39, 0.29) is 16.3 Å². The quantitative estimate of drug-likeness (QED) is 0.625. The van der Waals surface area contributed by atoms with Crippen LogP contribution in [-0.2, 0) is 19.1 Å². The van der Waals surface area contributed by atoms with Crippen molar-refractivity contribution in [3.8, 4) is 0 Å². The Hall–Kier alpha value is -0.890. The maximum atomic E-state index is 12.6. The molecular formula is C12H14ClNO4S2. The van der Waals surface area contributed by atoms with Gasteiger partial charge < -0.3 is 0 Å². The molecule has 5 nitrogen and oxygen atoms in total. The van der Waals surface area contributed by atoms with Crippen molar-refractivity contribution in [3.63, 3.8) is 0 Å². The van der Waals surface area contributed by atoms with Crippen molar-refractivity contribution in [3.05, 3.63) is 35.9 Å². The smallest absolute Gasteiger partial charge is 0.207 e. The molecule has 0 aliphatic carbocycles. The third-order valence-corrected chi connectivity index (χ3v) is 6.44. The Morgan fingerprint density at radius 2 is 1.70 bits per heavy atom. The number of hydrogen-bond donors (Lipinski definition) is 0. The predicted octanol–water partition coefficient (Wildman–Crippen LogP) is 1.95. The Bertz CT molecular complexity index is 753. The number of nitrogens with zero attached hydrogens (tertiary/aromatic N) is 1. The highest BCUT2D eigenvalue weighted by Gasteiger charge is 2.31. The first-order chi connectivity index (χ1) is 9.23. The van der Waals surface area contributed by atoms with Crippen LogP contribution in [0.4, 0.5) is 0 Å². The lowest BCUT2D eigenvalue weighted by Crippen LogP contribution is -2.35. The van der Waals surface area contributed by atoms with E-state index < -0.39 is 19.1 Å². The molecule has 2 rings (SSSR count). The number of rotatable bonds is 3. The normalized spacial score (nSPS) is 17.8. The zero-order chi connectivity index (χ0) is 15.0. The standard InChI is InChI=1S/C12H14ClNO4S2/c1-10-5-4-8-14(9-10)20(17,18)12-7-3-2-6-11(12)19(13,15)16/h2-3,5-7H,4,8-9H2,1H3. The van der Waals surface area contributed by atoms with E-state index in [0.717, 1.165) is 5.57 Å². The van der Waals surface area contributed by atoms with Crippen LogP contribution in [0.25, 0.3) is 0 Å². The van der Waals surface area contributed by atoms with Crippen LogP contribution in [0.3, 0.4) is 0 Å². The van der Waals surface area contributed by atoms with Crippen LogP contribution in [0.15, 0.2) is 45.7 Å². The second kappa shape index (κ2) is 5.48. The molecule has 1 aromatic rings. The van der Waals surface area contributed by atoms with Gasteiger partial charge >= 0.3 is 0 Å². The minimum Gasteiger partial charge on any atom is -0.207 e. The molecule has 0 aromatic heterocycles. The average molecular weight is 336 g/mol. The molecule has 0 saturated heterocycles. The van der Waals surface area contributed by atoms with Crippen LogP contribution in [0.5, 0.6) is 0 Å². The van der Waals surface area contributed by atoms with Crippen LogP contribution in [0.2, 0.25) is 0 Å². The van der Waals surface area contributed by atoms with Gasteiger partial charge in [0.2, 0.25) is 10.0 Å². The van der Waals surface area contributed by atoms with Gasteiger partial charge in [-0.15, -0.1) is 0 Å². The third-order valence-electron chi connectivity index (χ3n) is 3.03. The van der Waals surface area contributed by atoms with E-state index >= 15 is 0 Å². The monoisotopic (exact) mass is 335 g/mol. The molecule has 0 saturated carbocycles. The first-order valence-corrected chi connectivity index (χ1v) is 9.67. The molecule has 0 atom stereocenters. The molecule has 1 aliphatic rings. The number of sulfonamides is 1. The first kappa shape index (κ1) is 15.5. The fraction of sp³-hybridized carbons (Fsp3) is 0.333. The van der Waals surface area contributed by atoms with E-state index in [0.29, 0.717) is 13.0 Å². The molecule has 110 valence electrons. The SMILES string of the molecule is CC1=CCCN(S(=O)(=O)c2ccccc2S(=O)(=O)Cl)C1. The Morgan fingerprint density at radius 3 is 2.25 bits per heavy atom. The van der Waals surface area contributed by atoms with E-state index in [2.05, 4.69) is 0 Å². The van der Waals surface area contributed by atoms with Crippen LogP contribution >= 0.6 is 10.7 Å². The predicted molar refractivity (Wildman–Crippen MR) is 76.6 cm³/mol. The molecule has 1 heterocycles. The van der Waals surface area contributed by atoms with Gasteiger partial charge in [0.15, 0.2) is 0 Å². The number of halogens is 1. The summed E-state index contributed by atoms with van der Waals surface area (Å²) in [5.74, 6) is 0. The van der Waals surface area contributed by atoms with E-state index in [1.54, 1.807) is 0 Å². The number of benzene rings is 1. The lowest BCUT2D eigenvalue weighted by atomic mass is 10.2. The Morgan fingerprint density at radius 1 is 1.10 bits per heavy atom. The van der Waals surface area contributed by atoms with E-state index in [1.165, 1.54) is 28.6 Å². The van der Waals surface area contributed by atoms with Crippen LogP contribution in [0, 0.1) is 0 Å². The molecular weight excluding hydrogens is 322 g/mol. The van der Waals surface area contributed by atoms with Gasteiger partial charge in [-0.2, -0.15) is 4.31 Å². The van der Waals surface area contributed by atoms with Gasteiger partial charge in [0.1, 0.15) is 9.79 Å². The largest absolute Gasteiger partial charge is 0.262 e. The zero-order valence-corrected chi connectivity index (χ0v) is 13.2. The summed E-state index contributed by atoms with van der Waals surface area (Å²) in [6, 6.07) is 5.38. The van der Waals surface area contributed by atoms with Gasteiger partial charge in [-0.25, -0.2) is 16.8 Å². The van der Waals surface area contributed by atoms with Crippen LogP contribution < -0.4 is 0 Å². The summed E-state index contributed by atoms with van der Waals surface area (Å²) >= 11 is 0. The molecule has 0 radical (unpaired) electrons. The maximum absolute atomic E-state index is 12.6. The molecule has 1 aromatic carbocycles. The van der Waals surface area contributed by atoms with Crippen molar-refractivity contribution < 1.29 is 16.8 Å². The highest BCUT2D eigenvalue weighted by molar-refractivity contribution is 8.14. The molecule has 0 spiro atoms. The summed E-state index contributed by atoms with van der Waals surface area (Å²) in [6.45, 7) is 2.43. The summed E-state index contributed by atoms with van der Waals surface area (Å²) < 4.78 is 49.5. The zero-order valence-electron chi connectivity index (χ0n) is 10.8. The van der Waals surface area contributed by atoms with Gasteiger partial charge in [-0.3, -0.25) is 0 Å². The van der Waals surface area contributed by atoms with Gasteiger partial charge in [-0.1, -0.05) is 23.8 Å². The van der Waals surface area contributed by atoms with E-state index in [4.69, 9.17) is 10.7 Å². The molecule has 0 bridgehead atoms. The minimum atomic E-state index is -4.12. The van der Waals surface area contributed by atoms with Gasteiger partial charge in [0, 0.05) is 23.8 Å². The highest BCUT2D eigenvalue weighted by Crippen LogP contribution is 2.28. The summed E-state index contributed by atoms with van der Waals surface area (Å²) in [5, 5.41) is 0. The summed E-state index contributed by atoms with van der Waals surface area (Å²) in [6.07, 6.45) is 2.58. The third kappa shape index (κ3) is 3.06. The molecule has 8 heteroatoms. The topological polar surface area (TPSA) is 71.5 Å². The maximum Gasteiger partial charge on any atom is 0.262 e. The summed E-state index contributed by atoms with van der Waals surface area (Å²) in [7, 11) is -2.68. The van der Waals surface area contributed by atoms with E-state index in [1.807, 2.05) is 13.0 Å². The van der Waals surface area contributed by atoms with Crippen molar-refractivity contribution in [2.24, 2.45) is 0 Å². The number of hydrogen-bond acceptors (Lipinski definition) is 4. The van der Waals surface area contributed by atoms with Gasteiger partial charge in [-0.05, 0) is 25.5 Å². The van der Waals surface area contributed by atoms with Crippen molar-refractivity contribution in [1.82, 2.24) is 4.31 Å². The molecule has 20 heavy (non-hydrogen) atoms. The van der Waals surface area contributed by atoms with Crippen molar-refractivity contribution in [1.29, 1.82) is 0 Å². The van der Waals surface area contributed by atoms with Crippen LogP contribution in [0.1, 0.15) is 13.3 Å². The highest BCUT2D eigenvalue weighted by atomic mass is 35.7. The molecule has 0 unspecified atom stereocenters. The average Bonchev–Trinajstić information content (AvgIpc) is 2.38. The Balaban J connectivity index is 2.54. The summed E-state index contributed by atoms with van der Waals surface area (Å²) in [4.78, 5) is -0.654. The van der Waals surface area contributed by atoms with Crippen LogP contribution in [-0.4, -0.2) is 34.2 Å². The lowest BCUT2D eigenvalue weighted by molar-refractivity contribution is 0.426. The van der Waals surface area contributed by atoms with Crippen molar-refractivity contribution in [2.75, 3.05) is 13.1 Å². The van der Waals surface area contributed by atoms with Gasteiger partial charge in [0.25, 0.3) is 9.05 Å². The molecule has 1 aliphatic heterocycles. The lowest BCUT2D eigenvalue weighted by Gasteiger charge is -2.26. The molecule has 0 amide bonds. The Labute approximate surface area is 123 Å². The molecule has 0 N–H and O–H groups in total. The van der Waals surface area contributed by atoms with Crippen molar-refractivity contribution >= 4 is 29.8 Å².